The Balaban J connectivity index is 0.000000443. The third-order valence-electron chi connectivity index (χ3n) is 2.89. The van der Waals surface area contributed by atoms with E-state index >= 15 is 0 Å². The van der Waals surface area contributed by atoms with Crippen molar-refractivity contribution in [1.29, 1.82) is 0 Å². The largest absolute Gasteiger partial charge is 2.00 e. The Morgan fingerprint density at radius 2 is 1.12 bits per heavy atom. The van der Waals surface area contributed by atoms with Crippen LogP contribution in [0.3, 0.4) is 0 Å². The molecule has 0 atom stereocenters. The molecule has 0 bridgehead atoms. The first-order chi connectivity index (χ1) is 11.3. The molecular formula is C14H14Al2CaN2O6. The van der Waals surface area contributed by atoms with Gasteiger partial charge in [0.1, 0.15) is 0 Å². The van der Waals surface area contributed by atoms with E-state index in [1.807, 2.05) is 0 Å². The average molecular weight is 400 g/mol. The quantitative estimate of drug-likeness (QED) is 0.401. The van der Waals surface area contributed by atoms with Crippen molar-refractivity contribution in [1.82, 2.24) is 0 Å². The third kappa shape index (κ3) is 7.35. The number of carboxylic acids is 2. The van der Waals surface area contributed by atoms with E-state index in [1.54, 1.807) is 0 Å². The second kappa shape index (κ2) is 11.5. The van der Waals surface area contributed by atoms with E-state index < -0.39 is 11.9 Å². The van der Waals surface area contributed by atoms with E-state index in [1.165, 1.54) is 36.4 Å². The second-order valence-electron chi connectivity index (χ2n) is 4.49. The molecule has 0 radical (unpaired) electrons. The van der Waals surface area contributed by atoms with Gasteiger partial charge in [-0.2, -0.15) is 0 Å². The minimum Gasteiger partial charge on any atom is -0.647 e. The predicted octanol–water partition coefficient (Wildman–Crippen LogP) is -3.26. The van der Waals surface area contributed by atoms with Gasteiger partial charge >= 0.3 is 71.0 Å². The maximum Gasteiger partial charge on any atom is 2.00 e. The molecule has 8 nitrogen and oxygen atoms in total. The van der Waals surface area contributed by atoms with Gasteiger partial charge in [0.05, 0.1) is 23.4 Å². The van der Waals surface area contributed by atoms with Crippen LogP contribution in [0.2, 0.25) is 0 Å². The van der Waals surface area contributed by atoms with E-state index in [-0.39, 0.29) is 60.4 Å². The van der Waals surface area contributed by atoms with Gasteiger partial charge in [0.2, 0.25) is 0 Å². The maximum atomic E-state index is 10.5. The number of anilines is 2. The summed E-state index contributed by atoms with van der Waals surface area (Å²) in [6, 6.07) is 8.68. The Bertz CT molecular complexity index is 697. The first kappa shape index (κ1) is 23.9. The normalized spacial score (nSPS) is 8.96. The van der Waals surface area contributed by atoms with Crippen LogP contribution in [-0.4, -0.2) is 82.9 Å². The number of carbonyl (C=O) groups is 2. The van der Waals surface area contributed by atoms with Crippen LogP contribution in [0.5, 0.6) is 11.5 Å². The molecular weight excluding hydrogens is 386 g/mol. The topological polar surface area (TPSA) is 151 Å². The molecule has 0 saturated carbocycles. The van der Waals surface area contributed by atoms with Crippen LogP contribution in [-0.2, 0) is 0 Å². The SMILES string of the molecule is Nc1ccc(C(=O)[O-])c([O][AlH2])c1.Nc1ccc(C(=O)[O-])c([O][AlH2])c1.[Ca+2]. The standard InChI is InChI=1S/2C7H7NO3.2Al.Ca.4H/c2*8-4-1-2-5(7(10)11)6(9)3-4;;;;;;;/h2*1-3,9H,8H2,(H,10,11);;;;;;;/q;;2*+1;+2;;;;/p-4. The number of hydrogen-bond acceptors (Lipinski definition) is 8. The molecule has 0 aliphatic carbocycles. The zero-order chi connectivity index (χ0) is 18.3. The number of aromatic carboxylic acids is 2. The fourth-order valence-electron chi connectivity index (χ4n) is 1.75. The Morgan fingerprint density at radius 3 is 1.36 bits per heavy atom. The molecule has 0 heterocycles. The van der Waals surface area contributed by atoms with E-state index in [9.17, 15) is 19.8 Å². The van der Waals surface area contributed by atoms with Crippen LogP contribution in [0.1, 0.15) is 20.7 Å². The molecule has 0 unspecified atom stereocenters. The van der Waals surface area contributed by atoms with Gasteiger partial charge in [-0.05, 0) is 24.3 Å². The number of nitrogens with two attached hydrogens (primary N) is 2. The van der Waals surface area contributed by atoms with Gasteiger partial charge in [-0.25, -0.2) is 0 Å². The maximum absolute atomic E-state index is 10.5. The Kier molecular flexibility index (Phi) is 11.0. The zero-order valence-electron chi connectivity index (χ0n) is 13.8. The minimum absolute atomic E-state index is 0. The van der Waals surface area contributed by atoms with Crippen molar-refractivity contribution < 1.29 is 27.4 Å². The molecule has 2 aromatic rings. The molecule has 0 aromatic heterocycles. The predicted molar refractivity (Wildman–Crippen MR) is 94.5 cm³/mol. The molecule has 0 amide bonds. The van der Waals surface area contributed by atoms with Crippen molar-refractivity contribution >= 4 is 94.3 Å². The number of hydrogen-bond donors (Lipinski definition) is 2. The van der Waals surface area contributed by atoms with Crippen molar-refractivity contribution in [2.45, 2.75) is 0 Å². The second-order valence-corrected chi connectivity index (χ2v) is 5.31. The van der Waals surface area contributed by atoms with Crippen LogP contribution in [0.25, 0.3) is 0 Å². The van der Waals surface area contributed by atoms with Crippen LogP contribution >= 0.6 is 0 Å². The molecule has 25 heavy (non-hydrogen) atoms. The van der Waals surface area contributed by atoms with Crippen molar-refractivity contribution in [3.8, 4) is 11.5 Å². The summed E-state index contributed by atoms with van der Waals surface area (Å²) in [6.07, 6.45) is 0. The van der Waals surface area contributed by atoms with Gasteiger partial charge in [-0.3, -0.25) is 0 Å². The number of rotatable bonds is 4. The van der Waals surface area contributed by atoms with Crippen molar-refractivity contribution in [3.63, 3.8) is 0 Å². The van der Waals surface area contributed by atoms with E-state index in [0.29, 0.717) is 44.6 Å². The summed E-state index contributed by atoms with van der Waals surface area (Å²) in [6.45, 7) is 0. The Hall–Kier alpha value is -1.10. The summed E-state index contributed by atoms with van der Waals surface area (Å²) in [7, 11) is 0. The van der Waals surface area contributed by atoms with Gasteiger partial charge in [-0.15, -0.1) is 0 Å². The van der Waals surface area contributed by atoms with Crippen molar-refractivity contribution in [2.75, 3.05) is 11.5 Å². The Morgan fingerprint density at radius 1 is 0.800 bits per heavy atom. The van der Waals surface area contributed by atoms with Gasteiger partial charge in [0, 0.05) is 34.6 Å². The monoisotopic (exact) mass is 400 g/mol. The van der Waals surface area contributed by atoms with Crippen LogP contribution in [0.4, 0.5) is 11.4 Å². The average Bonchev–Trinajstić information content (AvgIpc) is 2.54. The van der Waals surface area contributed by atoms with Crippen LogP contribution in [0, 0.1) is 0 Å². The first-order valence-corrected chi connectivity index (χ1v) is 8.23. The van der Waals surface area contributed by atoms with E-state index in [0.717, 1.165) is 0 Å². The van der Waals surface area contributed by atoms with Crippen LogP contribution in [0.15, 0.2) is 36.4 Å². The van der Waals surface area contributed by atoms with E-state index in [4.69, 9.17) is 19.0 Å². The minimum atomic E-state index is -1.25. The molecule has 2 rings (SSSR count). The molecule has 124 valence electrons. The first-order valence-electron chi connectivity index (χ1n) is 6.59. The van der Waals surface area contributed by atoms with Gasteiger partial charge in [0.15, 0.2) is 0 Å². The Labute approximate surface area is 190 Å². The smallest absolute Gasteiger partial charge is 0.647 e. The van der Waals surface area contributed by atoms with Gasteiger partial charge in [-0.1, -0.05) is 0 Å². The van der Waals surface area contributed by atoms with Crippen molar-refractivity contribution in [3.05, 3.63) is 47.5 Å². The fraction of sp³-hybridized carbons (Fsp3) is 0. The molecule has 0 saturated heterocycles. The summed E-state index contributed by atoms with van der Waals surface area (Å²) < 4.78 is 9.85. The van der Waals surface area contributed by atoms with E-state index in [2.05, 4.69) is 0 Å². The van der Waals surface area contributed by atoms with Crippen molar-refractivity contribution in [2.24, 2.45) is 0 Å². The summed E-state index contributed by atoms with van der Waals surface area (Å²) in [5.74, 6) is -1.94. The summed E-state index contributed by atoms with van der Waals surface area (Å²) in [5, 5.41) is 21.0. The molecule has 0 fully saturated rings. The fourth-order valence-corrected chi connectivity index (χ4v) is 2.43. The third-order valence-corrected chi connectivity index (χ3v) is 3.77. The molecule has 2 aromatic carbocycles. The summed E-state index contributed by atoms with van der Waals surface area (Å²) >= 11 is 0.844. The number of carboxylic acid groups (broad SMARTS) is 2. The zero-order valence-corrected chi connectivity index (χ0v) is 20.0. The summed E-state index contributed by atoms with van der Waals surface area (Å²) in [5.41, 5.74) is 11.9. The molecule has 0 aliphatic rings. The van der Waals surface area contributed by atoms with Gasteiger partial charge < -0.3 is 38.8 Å². The molecule has 4 N–H and O–H groups in total. The number of carbonyl (C=O) groups excluding carboxylic acids is 2. The molecule has 0 spiro atoms. The number of benzene rings is 2. The molecule has 11 heteroatoms. The van der Waals surface area contributed by atoms with Crippen LogP contribution < -0.4 is 29.3 Å². The summed E-state index contributed by atoms with van der Waals surface area (Å²) in [4.78, 5) is 21.0. The van der Waals surface area contributed by atoms with Gasteiger partial charge in [0.25, 0.3) is 0 Å². The number of nitrogen functional groups attached to an aromatic ring is 2. The molecule has 0 aliphatic heterocycles.